The van der Waals surface area contributed by atoms with Crippen molar-refractivity contribution in [1.29, 1.82) is 0 Å². The summed E-state index contributed by atoms with van der Waals surface area (Å²) in [4.78, 5) is 11.9. The third kappa shape index (κ3) is 5.68. The van der Waals surface area contributed by atoms with E-state index in [9.17, 15) is 4.79 Å². The second-order valence-corrected chi connectivity index (χ2v) is 7.07. The number of carbonyl (C=O) groups is 1. The van der Waals surface area contributed by atoms with Crippen molar-refractivity contribution in [3.8, 4) is 0 Å². The molecule has 1 spiro atoms. The minimum Gasteiger partial charge on any atom is -0.385 e. The van der Waals surface area contributed by atoms with Crippen LogP contribution >= 0.6 is 0 Å². The maximum atomic E-state index is 11.9. The van der Waals surface area contributed by atoms with E-state index in [0.717, 1.165) is 30.8 Å². The topological polar surface area (TPSA) is 50.4 Å². The molecular formula is C21H32N2O2. The molecule has 1 heterocycles. The predicted octanol–water partition coefficient (Wildman–Crippen LogP) is 3.61. The van der Waals surface area contributed by atoms with E-state index in [1.54, 1.807) is 7.11 Å². The van der Waals surface area contributed by atoms with E-state index < -0.39 is 0 Å². The van der Waals surface area contributed by atoms with Gasteiger partial charge in [-0.1, -0.05) is 36.9 Å². The Hall–Kier alpha value is -1.65. The van der Waals surface area contributed by atoms with E-state index in [1.807, 2.05) is 37.4 Å². The highest BCUT2D eigenvalue weighted by Gasteiger charge is 2.51. The highest BCUT2D eigenvalue weighted by atomic mass is 16.5. The van der Waals surface area contributed by atoms with Gasteiger partial charge in [0, 0.05) is 24.8 Å². The summed E-state index contributed by atoms with van der Waals surface area (Å²) in [5.74, 6) is 0.114. The van der Waals surface area contributed by atoms with E-state index >= 15 is 0 Å². The molecule has 2 fully saturated rings. The Labute approximate surface area is 152 Å². The smallest absolute Gasteiger partial charge is 0.231 e. The molecule has 1 aliphatic carbocycles. The first-order valence-electron chi connectivity index (χ1n) is 9.32. The standard InChI is InChI=1S/C14H15NO.C7H17NO/c1-10-14(7-8-14)9-12(13(16)15-10)11-5-3-2-4-6-11;1-8-6-4-3-5-7-9-2/h2-6,12H,1,7-9H2,(H,15,16);8H,3-7H2,1-2H3. The molecule has 0 radical (unpaired) electrons. The molecule has 1 aliphatic heterocycles. The number of unbranched alkanes of at least 4 members (excludes halogenated alkanes) is 2. The first-order chi connectivity index (χ1) is 12.1. The fourth-order valence-electron chi connectivity index (χ4n) is 3.31. The third-order valence-corrected chi connectivity index (χ3v) is 5.16. The fraction of sp³-hybridized carbons (Fsp3) is 0.571. The van der Waals surface area contributed by atoms with Crippen molar-refractivity contribution >= 4 is 5.91 Å². The zero-order chi connectivity index (χ0) is 18.1. The largest absolute Gasteiger partial charge is 0.385 e. The zero-order valence-electron chi connectivity index (χ0n) is 15.6. The van der Waals surface area contributed by atoms with E-state index in [0.29, 0.717) is 0 Å². The van der Waals surface area contributed by atoms with Gasteiger partial charge in [0.05, 0.1) is 5.92 Å². The van der Waals surface area contributed by atoms with Crippen molar-refractivity contribution in [1.82, 2.24) is 10.6 Å². The number of carbonyl (C=O) groups excluding carboxylic acids is 1. The molecule has 1 atom stereocenters. The monoisotopic (exact) mass is 344 g/mol. The lowest BCUT2D eigenvalue weighted by Gasteiger charge is -2.31. The van der Waals surface area contributed by atoms with E-state index in [1.165, 1.54) is 32.1 Å². The van der Waals surface area contributed by atoms with Crippen LogP contribution in [-0.2, 0) is 9.53 Å². The number of rotatable bonds is 7. The van der Waals surface area contributed by atoms with Crippen LogP contribution in [0.25, 0.3) is 0 Å². The molecule has 138 valence electrons. The van der Waals surface area contributed by atoms with Crippen LogP contribution < -0.4 is 10.6 Å². The summed E-state index contributed by atoms with van der Waals surface area (Å²) in [6.45, 7) is 6.01. The van der Waals surface area contributed by atoms with Crippen molar-refractivity contribution in [2.75, 3.05) is 27.3 Å². The van der Waals surface area contributed by atoms with Crippen LogP contribution in [0.2, 0.25) is 0 Å². The summed E-state index contributed by atoms with van der Waals surface area (Å²) in [7, 11) is 3.73. The Kier molecular flexibility index (Phi) is 7.66. The van der Waals surface area contributed by atoms with E-state index in [-0.39, 0.29) is 17.2 Å². The van der Waals surface area contributed by atoms with Gasteiger partial charge >= 0.3 is 0 Å². The van der Waals surface area contributed by atoms with Crippen molar-refractivity contribution in [3.63, 3.8) is 0 Å². The van der Waals surface area contributed by atoms with Gasteiger partial charge in [-0.3, -0.25) is 4.79 Å². The summed E-state index contributed by atoms with van der Waals surface area (Å²) >= 11 is 0. The molecular weight excluding hydrogens is 312 g/mol. The van der Waals surface area contributed by atoms with Crippen molar-refractivity contribution < 1.29 is 9.53 Å². The molecule has 1 unspecified atom stereocenters. The summed E-state index contributed by atoms with van der Waals surface area (Å²) in [5, 5.41) is 6.05. The van der Waals surface area contributed by atoms with Gasteiger partial charge in [-0.2, -0.15) is 0 Å². The molecule has 1 saturated carbocycles. The lowest BCUT2D eigenvalue weighted by atomic mass is 9.81. The van der Waals surface area contributed by atoms with Gasteiger partial charge in [-0.15, -0.1) is 0 Å². The lowest BCUT2D eigenvalue weighted by Crippen LogP contribution is -2.39. The van der Waals surface area contributed by atoms with Gasteiger partial charge in [0.25, 0.3) is 0 Å². The number of hydrogen-bond donors (Lipinski definition) is 2. The summed E-state index contributed by atoms with van der Waals surface area (Å²) in [5.41, 5.74) is 2.28. The number of methoxy groups -OCH3 is 1. The van der Waals surface area contributed by atoms with Gasteiger partial charge in [-0.25, -0.2) is 0 Å². The van der Waals surface area contributed by atoms with Crippen molar-refractivity contribution in [2.45, 2.75) is 44.4 Å². The molecule has 1 amide bonds. The molecule has 0 bridgehead atoms. The molecule has 1 aromatic rings. The van der Waals surface area contributed by atoms with E-state index in [2.05, 4.69) is 17.2 Å². The number of piperidine rings is 1. The Bertz CT molecular complexity index is 546. The van der Waals surface area contributed by atoms with Crippen molar-refractivity contribution in [3.05, 3.63) is 48.2 Å². The van der Waals surface area contributed by atoms with Crippen LogP contribution in [0.15, 0.2) is 42.6 Å². The molecule has 4 heteroatoms. The Morgan fingerprint density at radius 3 is 2.56 bits per heavy atom. The van der Waals surface area contributed by atoms with Gasteiger partial charge in [0.15, 0.2) is 0 Å². The number of nitrogens with one attached hydrogen (secondary N) is 2. The van der Waals surface area contributed by atoms with E-state index in [4.69, 9.17) is 4.74 Å². The van der Waals surface area contributed by atoms with Gasteiger partial charge < -0.3 is 15.4 Å². The van der Waals surface area contributed by atoms with Gasteiger partial charge in [0.2, 0.25) is 5.91 Å². The quantitative estimate of drug-likeness (QED) is 0.743. The fourth-order valence-corrected chi connectivity index (χ4v) is 3.31. The first-order valence-corrected chi connectivity index (χ1v) is 9.32. The maximum absolute atomic E-state index is 11.9. The number of allylic oxidation sites excluding steroid dienone is 1. The van der Waals surface area contributed by atoms with Crippen LogP contribution in [0.5, 0.6) is 0 Å². The molecule has 1 aromatic carbocycles. The van der Waals surface area contributed by atoms with Crippen LogP contribution in [0, 0.1) is 5.41 Å². The summed E-state index contributed by atoms with van der Waals surface area (Å²) in [6, 6.07) is 10.0. The molecule has 3 rings (SSSR count). The van der Waals surface area contributed by atoms with Crippen molar-refractivity contribution in [2.24, 2.45) is 5.41 Å². The average Bonchev–Trinajstić information content (AvgIpc) is 3.41. The number of benzene rings is 1. The molecule has 0 aromatic heterocycles. The SMILES string of the molecule is C=C1NC(=O)C(c2ccccc2)CC12CC2.CNCCCCCOC. The average molecular weight is 344 g/mol. The lowest BCUT2D eigenvalue weighted by molar-refractivity contribution is -0.123. The highest BCUT2D eigenvalue weighted by molar-refractivity contribution is 5.87. The van der Waals surface area contributed by atoms with Crippen LogP contribution in [0.4, 0.5) is 0 Å². The number of ether oxygens (including phenoxy) is 1. The first kappa shape index (κ1) is 19.7. The molecule has 1 saturated heterocycles. The number of amides is 1. The zero-order valence-corrected chi connectivity index (χ0v) is 15.6. The maximum Gasteiger partial charge on any atom is 0.231 e. The third-order valence-electron chi connectivity index (χ3n) is 5.16. The molecule has 25 heavy (non-hydrogen) atoms. The van der Waals surface area contributed by atoms with Gasteiger partial charge in [-0.05, 0) is 57.7 Å². The summed E-state index contributed by atoms with van der Waals surface area (Å²) < 4.78 is 4.90. The minimum absolute atomic E-state index is 0.00852. The Balaban J connectivity index is 0.000000217. The second-order valence-electron chi connectivity index (χ2n) is 7.07. The molecule has 2 N–H and O–H groups in total. The second kappa shape index (κ2) is 9.73. The predicted molar refractivity (Wildman–Crippen MR) is 102 cm³/mol. The number of hydrogen-bond acceptors (Lipinski definition) is 3. The Morgan fingerprint density at radius 1 is 1.24 bits per heavy atom. The molecule has 2 aliphatic rings. The molecule has 4 nitrogen and oxygen atoms in total. The van der Waals surface area contributed by atoms with Crippen LogP contribution in [0.3, 0.4) is 0 Å². The highest BCUT2D eigenvalue weighted by Crippen LogP contribution is 2.58. The van der Waals surface area contributed by atoms with Gasteiger partial charge in [0.1, 0.15) is 0 Å². The summed E-state index contributed by atoms with van der Waals surface area (Å²) in [6.07, 6.45) is 7.01. The van der Waals surface area contributed by atoms with Crippen LogP contribution in [-0.4, -0.2) is 33.2 Å². The Morgan fingerprint density at radius 2 is 1.96 bits per heavy atom. The normalized spacial score (nSPS) is 20.6. The van der Waals surface area contributed by atoms with Crippen LogP contribution in [0.1, 0.15) is 50.0 Å². The minimum atomic E-state index is 0.00852.